The van der Waals surface area contributed by atoms with Crippen molar-refractivity contribution in [3.05, 3.63) is 94.2 Å². The van der Waals surface area contributed by atoms with Gasteiger partial charge < -0.3 is 15.7 Å². The minimum Gasteiger partial charge on any atom is -0.478 e. The zero-order valence-electron chi connectivity index (χ0n) is 18.8. The van der Waals surface area contributed by atoms with Crippen LogP contribution in [-0.2, 0) is 13.0 Å². The summed E-state index contributed by atoms with van der Waals surface area (Å²) in [5.41, 5.74) is 3.42. The van der Waals surface area contributed by atoms with Crippen molar-refractivity contribution in [1.82, 2.24) is 30.2 Å². The van der Waals surface area contributed by atoms with Crippen LogP contribution in [0.2, 0.25) is 0 Å². The number of pyridine rings is 1. The highest BCUT2D eigenvalue weighted by atomic mass is 16.4. The first-order chi connectivity index (χ1) is 17.4. The number of nitrogens with one attached hydrogen (secondary N) is 2. The van der Waals surface area contributed by atoms with Gasteiger partial charge in [0, 0.05) is 24.9 Å². The summed E-state index contributed by atoms with van der Waals surface area (Å²) in [5, 5.41) is 28.1. The predicted octanol–water partition coefficient (Wildman–Crippen LogP) is 2.04. The van der Waals surface area contributed by atoms with E-state index in [1.165, 1.54) is 29.0 Å². The van der Waals surface area contributed by atoms with Crippen molar-refractivity contribution in [2.24, 2.45) is 0 Å². The van der Waals surface area contributed by atoms with Gasteiger partial charge in [0.05, 0.1) is 17.8 Å². The molecule has 178 valence electrons. The molecule has 3 aromatic heterocycles. The number of hydrogen-bond acceptors (Lipinski definition) is 7. The van der Waals surface area contributed by atoms with E-state index in [1.807, 2.05) is 6.07 Å². The fourth-order valence-electron chi connectivity index (χ4n) is 4.24. The van der Waals surface area contributed by atoms with E-state index in [9.17, 15) is 19.5 Å². The maximum Gasteiger partial charge on any atom is 0.335 e. The van der Waals surface area contributed by atoms with Gasteiger partial charge in [-0.15, -0.1) is 0 Å². The normalized spacial score (nSPS) is 14.1. The number of nitrogens with zero attached hydrogens (tertiary/aromatic N) is 5. The lowest BCUT2D eigenvalue weighted by atomic mass is 10.0. The molecule has 1 aliphatic rings. The van der Waals surface area contributed by atoms with Crippen LogP contribution in [-0.4, -0.2) is 42.5 Å². The van der Waals surface area contributed by atoms with Crippen LogP contribution in [0.25, 0.3) is 5.65 Å². The minimum absolute atomic E-state index is 0.0423. The third kappa shape index (κ3) is 4.35. The number of nitriles is 1. The number of carbonyl (C=O) groups excluding carboxylic acids is 2. The van der Waals surface area contributed by atoms with Gasteiger partial charge in [-0.3, -0.25) is 9.59 Å². The van der Waals surface area contributed by atoms with Crippen molar-refractivity contribution >= 4 is 23.4 Å². The molecule has 0 saturated carbocycles. The summed E-state index contributed by atoms with van der Waals surface area (Å²) < 4.78 is 1.36. The second kappa shape index (κ2) is 9.27. The van der Waals surface area contributed by atoms with Gasteiger partial charge in [0.15, 0.2) is 5.65 Å². The van der Waals surface area contributed by atoms with Gasteiger partial charge in [-0.1, -0.05) is 6.07 Å². The van der Waals surface area contributed by atoms with Gasteiger partial charge in [-0.2, -0.15) is 10.4 Å². The number of carboxylic acid groups (broad SMARTS) is 1. The van der Waals surface area contributed by atoms with E-state index in [0.29, 0.717) is 24.1 Å². The van der Waals surface area contributed by atoms with Crippen LogP contribution in [0.15, 0.2) is 54.9 Å². The number of hydrogen-bond donors (Lipinski definition) is 3. The van der Waals surface area contributed by atoms with Crippen molar-refractivity contribution in [3.8, 4) is 6.07 Å². The molecule has 0 unspecified atom stereocenters. The summed E-state index contributed by atoms with van der Waals surface area (Å²) in [7, 11) is 0. The van der Waals surface area contributed by atoms with Gasteiger partial charge >= 0.3 is 5.97 Å². The summed E-state index contributed by atoms with van der Waals surface area (Å²) in [4.78, 5) is 45.6. The lowest BCUT2D eigenvalue weighted by Gasteiger charge is -2.15. The summed E-state index contributed by atoms with van der Waals surface area (Å²) in [5.74, 6) is -1.92. The summed E-state index contributed by atoms with van der Waals surface area (Å²) in [6.45, 7) is 0.154. The number of aromatic carboxylic acids is 1. The van der Waals surface area contributed by atoms with E-state index in [1.54, 1.807) is 30.3 Å². The topological polar surface area (TPSA) is 162 Å². The number of amides is 2. The smallest absolute Gasteiger partial charge is 0.335 e. The maximum absolute atomic E-state index is 13.3. The molecule has 0 radical (unpaired) electrons. The van der Waals surface area contributed by atoms with E-state index >= 15 is 0 Å². The fourth-order valence-corrected chi connectivity index (χ4v) is 4.24. The number of carbonyl (C=O) groups is 3. The van der Waals surface area contributed by atoms with Gasteiger partial charge in [0.1, 0.15) is 23.2 Å². The number of aryl methyl sites for hydroxylation is 1. The molecule has 1 aliphatic carbocycles. The van der Waals surface area contributed by atoms with Crippen molar-refractivity contribution in [3.63, 3.8) is 0 Å². The molecule has 0 fully saturated rings. The Labute approximate surface area is 204 Å². The van der Waals surface area contributed by atoms with Gasteiger partial charge in [0.25, 0.3) is 11.8 Å². The van der Waals surface area contributed by atoms with Gasteiger partial charge in [-0.25, -0.2) is 19.3 Å². The van der Waals surface area contributed by atoms with E-state index in [0.717, 1.165) is 11.1 Å². The third-order valence-corrected chi connectivity index (χ3v) is 5.99. The van der Waals surface area contributed by atoms with Crippen molar-refractivity contribution in [1.29, 1.82) is 5.26 Å². The number of carboxylic acids is 1. The molecule has 3 N–H and O–H groups in total. The average Bonchev–Trinajstić information content (AvgIpc) is 3.53. The molecule has 1 atom stereocenters. The molecule has 11 nitrogen and oxygen atoms in total. The summed E-state index contributed by atoms with van der Waals surface area (Å²) in [6.07, 6.45) is 4.24. The Bertz CT molecular complexity index is 1570. The van der Waals surface area contributed by atoms with Crippen molar-refractivity contribution < 1.29 is 19.5 Å². The van der Waals surface area contributed by atoms with E-state index in [-0.39, 0.29) is 35.2 Å². The molecule has 0 saturated heterocycles. The zero-order valence-corrected chi connectivity index (χ0v) is 18.8. The molecular formula is C25H19N7O4. The van der Waals surface area contributed by atoms with Crippen LogP contribution >= 0.6 is 0 Å². The van der Waals surface area contributed by atoms with Crippen LogP contribution in [0.1, 0.15) is 66.2 Å². The fraction of sp³-hybridized carbons (Fsp3) is 0.160. The Morgan fingerprint density at radius 2 is 1.97 bits per heavy atom. The SMILES string of the molecule is N#Cc1cc(CNC(=O)c2cc(C(=O)N[C@@H]3CCc4cc(C(=O)O)ccc43)n3nccc3n2)ccn1. The molecule has 4 aromatic rings. The molecule has 3 heterocycles. The Balaban J connectivity index is 1.36. The van der Waals surface area contributed by atoms with Crippen molar-refractivity contribution in [2.75, 3.05) is 0 Å². The minimum atomic E-state index is -0.997. The second-order valence-corrected chi connectivity index (χ2v) is 8.26. The Morgan fingerprint density at radius 3 is 2.78 bits per heavy atom. The highest BCUT2D eigenvalue weighted by Gasteiger charge is 2.27. The van der Waals surface area contributed by atoms with E-state index < -0.39 is 17.8 Å². The standard InChI is InChI=1S/C25H19N7O4/c26-12-17-9-14(5-7-27-17)13-28-23(33)20-11-21(32-22(30-20)6-8-29-32)24(34)31-19-4-2-15-10-16(25(35)36)1-3-18(15)19/h1,3,5-11,19H,2,4,13H2,(H,28,33)(H,31,34)(H,35,36)/t19-/m1/s1. The lowest BCUT2D eigenvalue weighted by Crippen LogP contribution is -2.30. The molecule has 0 bridgehead atoms. The Kier molecular flexibility index (Phi) is 5.83. The molecule has 5 rings (SSSR count). The molecular weight excluding hydrogens is 462 g/mol. The second-order valence-electron chi connectivity index (χ2n) is 8.26. The average molecular weight is 481 g/mol. The first kappa shape index (κ1) is 22.7. The highest BCUT2D eigenvalue weighted by molar-refractivity contribution is 5.98. The van der Waals surface area contributed by atoms with Crippen LogP contribution in [0.4, 0.5) is 0 Å². The van der Waals surface area contributed by atoms with Gasteiger partial charge in [-0.05, 0) is 53.8 Å². The lowest BCUT2D eigenvalue weighted by molar-refractivity contribution is 0.0696. The van der Waals surface area contributed by atoms with Crippen molar-refractivity contribution in [2.45, 2.75) is 25.4 Å². The van der Waals surface area contributed by atoms with Crippen LogP contribution in [0, 0.1) is 11.3 Å². The number of rotatable bonds is 6. The monoisotopic (exact) mass is 481 g/mol. The quantitative estimate of drug-likeness (QED) is 0.377. The first-order valence-corrected chi connectivity index (χ1v) is 11.1. The summed E-state index contributed by atoms with van der Waals surface area (Å²) in [6, 6.07) is 12.8. The van der Waals surface area contributed by atoms with E-state index in [2.05, 4.69) is 25.7 Å². The molecule has 11 heteroatoms. The zero-order chi connectivity index (χ0) is 25.2. The predicted molar refractivity (Wildman–Crippen MR) is 125 cm³/mol. The van der Waals surface area contributed by atoms with E-state index in [4.69, 9.17) is 5.26 Å². The largest absolute Gasteiger partial charge is 0.478 e. The Hall–Kier alpha value is -5.11. The highest BCUT2D eigenvalue weighted by Crippen LogP contribution is 2.32. The third-order valence-electron chi connectivity index (χ3n) is 5.99. The molecule has 1 aromatic carbocycles. The molecule has 0 spiro atoms. The number of fused-ring (bicyclic) bond motifs is 2. The Morgan fingerprint density at radius 1 is 1.11 bits per heavy atom. The molecule has 0 aliphatic heterocycles. The van der Waals surface area contributed by atoms with Gasteiger partial charge in [0.2, 0.25) is 0 Å². The number of aromatic nitrogens is 4. The molecule has 2 amide bonds. The maximum atomic E-state index is 13.3. The van der Waals surface area contributed by atoms with Crippen LogP contribution < -0.4 is 10.6 Å². The first-order valence-electron chi connectivity index (χ1n) is 11.1. The van der Waals surface area contributed by atoms with Crippen LogP contribution in [0.5, 0.6) is 0 Å². The summed E-state index contributed by atoms with van der Waals surface area (Å²) >= 11 is 0. The van der Waals surface area contributed by atoms with Crippen LogP contribution in [0.3, 0.4) is 0 Å². The number of benzene rings is 1. The molecule has 36 heavy (non-hydrogen) atoms.